The maximum Gasteiger partial charge on any atom is 0.383 e. The highest BCUT2D eigenvalue weighted by Crippen LogP contribution is 2.33. The van der Waals surface area contributed by atoms with E-state index >= 15 is 0 Å². The zero-order valence-electron chi connectivity index (χ0n) is 12.0. The predicted octanol–water partition coefficient (Wildman–Crippen LogP) is 2.14. The van der Waals surface area contributed by atoms with E-state index in [-0.39, 0.29) is 34.8 Å². The van der Waals surface area contributed by atoms with Gasteiger partial charge in [-0.05, 0) is 24.6 Å². The fraction of sp³-hybridized carbons (Fsp3) is 0.333. The molecule has 0 amide bonds. The monoisotopic (exact) mass is 308 g/mol. The van der Waals surface area contributed by atoms with Gasteiger partial charge < -0.3 is 24.1 Å². The molecule has 0 saturated heterocycles. The van der Waals surface area contributed by atoms with Gasteiger partial charge in [-0.15, -0.1) is 0 Å². The number of aromatic hydroxyl groups is 1. The minimum atomic E-state index is -1.12. The van der Waals surface area contributed by atoms with Gasteiger partial charge in [0, 0.05) is 0 Å². The average Bonchev–Trinajstić information content (AvgIpc) is 2.49. The number of ether oxygens (including phenoxy) is 2. The second kappa shape index (κ2) is 6.84. The lowest BCUT2D eigenvalue weighted by atomic mass is 10.2. The topological polar surface area (TPSA) is 106 Å². The third-order valence-electron chi connectivity index (χ3n) is 2.92. The fourth-order valence-corrected chi connectivity index (χ4v) is 1.83. The van der Waals surface area contributed by atoms with Crippen LogP contribution in [-0.2, 0) is 4.79 Å². The van der Waals surface area contributed by atoms with E-state index in [0.29, 0.717) is 0 Å². The zero-order chi connectivity index (χ0) is 16.1. The lowest BCUT2D eigenvalue weighted by Gasteiger charge is -2.09. The molecule has 0 aliphatic rings. The van der Waals surface area contributed by atoms with Gasteiger partial charge in [-0.1, -0.05) is 13.3 Å². The average molecular weight is 308 g/mol. The second-order valence-electron chi connectivity index (χ2n) is 4.61. The molecule has 0 unspecified atom stereocenters. The van der Waals surface area contributed by atoms with Gasteiger partial charge in [0.25, 0.3) is 0 Å². The molecule has 2 N–H and O–H groups in total. The van der Waals surface area contributed by atoms with E-state index in [1.807, 2.05) is 6.92 Å². The maximum atomic E-state index is 11.8. The van der Waals surface area contributed by atoms with Crippen LogP contribution in [0, 0.1) is 0 Å². The van der Waals surface area contributed by atoms with Gasteiger partial charge in [-0.2, -0.15) is 0 Å². The molecule has 0 atom stereocenters. The van der Waals surface area contributed by atoms with Crippen molar-refractivity contribution in [2.45, 2.75) is 19.8 Å². The summed E-state index contributed by atoms with van der Waals surface area (Å²) in [4.78, 5) is 22.3. The van der Waals surface area contributed by atoms with Crippen molar-refractivity contribution in [3.63, 3.8) is 0 Å². The van der Waals surface area contributed by atoms with Crippen molar-refractivity contribution in [1.29, 1.82) is 0 Å². The number of carboxylic acid groups (broad SMARTS) is 1. The van der Waals surface area contributed by atoms with E-state index < -0.39 is 18.2 Å². The highest BCUT2D eigenvalue weighted by molar-refractivity contribution is 5.86. The van der Waals surface area contributed by atoms with Gasteiger partial charge in [-0.3, -0.25) is 0 Å². The summed E-state index contributed by atoms with van der Waals surface area (Å²) in [5, 5.41) is 19.0. The SMILES string of the molecule is CCCCOc1c(O)c2cc(OCC(=O)O)ccc2oc1=O. The molecule has 0 radical (unpaired) electrons. The summed E-state index contributed by atoms with van der Waals surface area (Å²) in [6.07, 6.45) is 1.62. The second-order valence-corrected chi connectivity index (χ2v) is 4.61. The first-order chi connectivity index (χ1) is 10.5. The van der Waals surface area contributed by atoms with Crippen molar-refractivity contribution in [3.05, 3.63) is 28.6 Å². The Morgan fingerprint density at radius 1 is 1.32 bits per heavy atom. The van der Waals surface area contributed by atoms with Gasteiger partial charge in [0.05, 0.1) is 12.0 Å². The van der Waals surface area contributed by atoms with Crippen LogP contribution in [0.2, 0.25) is 0 Å². The molecule has 2 aromatic rings. The van der Waals surface area contributed by atoms with Gasteiger partial charge in [0.15, 0.2) is 12.4 Å². The summed E-state index contributed by atoms with van der Waals surface area (Å²) in [5.41, 5.74) is -0.603. The van der Waals surface area contributed by atoms with Crippen molar-refractivity contribution >= 4 is 16.9 Å². The molecule has 1 aromatic carbocycles. The van der Waals surface area contributed by atoms with Crippen LogP contribution in [0.15, 0.2) is 27.4 Å². The summed E-state index contributed by atoms with van der Waals surface area (Å²) >= 11 is 0. The van der Waals surface area contributed by atoms with Crippen molar-refractivity contribution < 1.29 is 28.9 Å². The number of unbranched alkanes of at least 4 members (excludes halogenated alkanes) is 1. The molecule has 7 heteroatoms. The van der Waals surface area contributed by atoms with E-state index in [1.54, 1.807) is 0 Å². The largest absolute Gasteiger partial charge is 0.504 e. The van der Waals surface area contributed by atoms with Crippen molar-refractivity contribution in [3.8, 4) is 17.2 Å². The Labute approximate surface area is 125 Å². The number of rotatable bonds is 7. The lowest BCUT2D eigenvalue weighted by molar-refractivity contribution is -0.139. The molecule has 0 aliphatic heterocycles. The van der Waals surface area contributed by atoms with Crippen LogP contribution in [0.4, 0.5) is 0 Å². The fourth-order valence-electron chi connectivity index (χ4n) is 1.83. The van der Waals surface area contributed by atoms with Crippen molar-refractivity contribution in [1.82, 2.24) is 0 Å². The molecule has 2 rings (SSSR count). The molecule has 0 saturated carbocycles. The first-order valence-corrected chi connectivity index (χ1v) is 6.80. The highest BCUT2D eigenvalue weighted by Gasteiger charge is 2.16. The third-order valence-corrected chi connectivity index (χ3v) is 2.92. The Balaban J connectivity index is 2.37. The zero-order valence-corrected chi connectivity index (χ0v) is 12.0. The first kappa shape index (κ1) is 15.7. The molecule has 1 aromatic heterocycles. The molecular weight excluding hydrogens is 292 g/mol. The normalized spacial score (nSPS) is 10.6. The Hall–Kier alpha value is -2.70. The van der Waals surface area contributed by atoms with Crippen molar-refractivity contribution in [2.24, 2.45) is 0 Å². The molecule has 0 spiro atoms. The molecule has 0 bridgehead atoms. The van der Waals surface area contributed by atoms with Gasteiger partial charge in [0.1, 0.15) is 11.3 Å². The summed E-state index contributed by atoms with van der Waals surface area (Å²) in [7, 11) is 0. The van der Waals surface area contributed by atoms with Crippen LogP contribution in [0.1, 0.15) is 19.8 Å². The standard InChI is InChI=1S/C15H16O7/c1-2-3-6-20-14-13(18)10-7-9(21-8-12(16)17)4-5-11(10)22-15(14)19/h4-5,7,18H,2-3,6,8H2,1H3,(H,16,17). The molecule has 118 valence electrons. The Morgan fingerprint density at radius 3 is 2.77 bits per heavy atom. The van der Waals surface area contributed by atoms with E-state index in [0.717, 1.165) is 12.8 Å². The quantitative estimate of drug-likeness (QED) is 0.596. The predicted molar refractivity (Wildman–Crippen MR) is 77.7 cm³/mol. The van der Waals surface area contributed by atoms with Crippen LogP contribution >= 0.6 is 0 Å². The van der Waals surface area contributed by atoms with Crippen LogP contribution in [0.5, 0.6) is 17.2 Å². The number of hydrogen-bond acceptors (Lipinski definition) is 6. The summed E-state index contributed by atoms with van der Waals surface area (Å²) in [6.45, 7) is 1.75. The van der Waals surface area contributed by atoms with Crippen molar-refractivity contribution in [2.75, 3.05) is 13.2 Å². The Morgan fingerprint density at radius 2 is 2.09 bits per heavy atom. The number of fused-ring (bicyclic) bond motifs is 1. The molecule has 1 heterocycles. The first-order valence-electron chi connectivity index (χ1n) is 6.80. The van der Waals surface area contributed by atoms with Crippen LogP contribution in [0.25, 0.3) is 11.0 Å². The molecule has 0 aliphatic carbocycles. The van der Waals surface area contributed by atoms with Crippen LogP contribution in [0.3, 0.4) is 0 Å². The minimum absolute atomic E-state index is 0.160. The number of aliphatic carboxylic acids is 1. The smallest absolute Gasteiger partial charge is 0.383 e. The van der Waals surface area contributed by atoms with E-state index in [1.165, 1.54) is 18.2 Å². The van der Waals surface area contributed by atoms with Crippen LogP contribution in [-0.4, -0.2) is 29.4 Å². The number of carboxylic acids is 1. The highest BCUT2D eigenvalue weighted by atomic mass is 16.5. The summed E-state index contributed by atoms with van der Waals surface area (Å²) < 4.78 is 15.4. The summed E-state index contributed by atoms with van der Waals surface area (Å²) in [6, 6.07) is 4.26. The third kappa shape index (κ3) is 3.49. The minimum Gasteiger partial charge on any atom is -0.504 e. The summed E-state index contributed by atoms with van der Waals surface area (Å²) in [5.74, 6) is -1.48. The Kier molecular flexibility index (Phi) is 4.88. The number of hydrogen-bond donors (Lipinski definition) is 2. The lowest BCUT2D eigenvalue weighted by Crippen LogP contribution is -2.10. The molecule has 22 heavy (non-hydrogen) atoms. The van der Waals surface area contributed by atoms with E-state index in [2.05, 4.69) is 0 Å². The van der Waals surface area contributed by atoms with Crippen LogP contribution < -0.4 is 15.1 Å². The maximum absolute atomic E-state index is 11.8. The number of carbonyl (C=O) groups is 1. The van der Waals surface area contributed by atoms with Gasteiger partial charge in [-0.25, -0.2) is 9.59 Å². The van der Waals surface area contributed by atoms with E-state index in [9.17, 15) is 14.7 Å². The molecule has 0 fully saturated rings. The number of benzene rings is 1. The molecular formula is C15H16O7. The Bertz CT molecular complexity index is 732. The van der Waals surface area contributed by atoms with Gasteiger partial charge in [0.2, 0.25) is 5.75 Å². The van der Waals surface area contributed by atoms with Gasteiger partial charge >= 0.3 is 11.6 Å². The van der Waals surface area contributed by atoms with E-state index in [4.69, 9.17) is 19.0 Å². The molecule has 7 nitrogen and oxygen atoms in total.